The number of halogens is 1. The molecule has 1 atom stereocenters. The molecule has 4 fully saturated rings. The van der Waals surface area contributed by atoms with E-state index in [2.05, 4.69) is 59.1 Å². The van der Waals surface area contributed by atoms with Crippen LogP contribution in [0.4, 0.5) is 15.9 Å². The highest BCUT2D eigenvalue weighted by Crippen LogP contribution is 2.49. The minimum absolute atomic E-state index is 0.180. The normalized spacial score (nSPS) is 21.8. The predicted octanol–water partition coefficient (Wildman–Crippen LogP) is 5.75. The smallest absolute Gasteiger partial charge is 0.356 e. The molecular weight excluding hydrogens is 637 g/mol. The number of carbonyl (C=O) groups excluding carboxylic acids is 1. The summed E-state index contributed by atoms with van der Waals surface area (Å²) in [4.78, 5) is 34.4. The monoisotopic (exact) mass is 679 g/mol. The van der Waals surface area contributed by atoms with Crippen molar-refractivity contribution in [3.8, 4) is 22.8 Å². The number of anilines is 2. The second kappa shape index (κ2) is 13.2. The lowest BCUT2D eigenvalue weighted by Gasteiger charge is -2.57. The van der Waals surface area contributed by atoms with Crippen molar-refractivity contribution in [2.24, 2.45) is 17.3 Å². The summed E-state index contributed by atoms with van der Waals surface area (Å²) in [6.07, 6.45) is 11.7. The molecule has 50 heavy (non-hydrogen) atoms. The fourth-order valence-corrected chi connectivity index (χ4v) is 8.37. The van der Waals surface area contributed by atoms with Crippen molar-refractivity contribution < 1.29 is 18.7 Å². The van der Waals surface area contributed by atoms with Crippen molar-refractivity contribution in [2.45, 2.75) is 64.0 Å². The molecular formula is C37H42FN9O3. The van der Waals surface area contributed by atoms with Gasteiger partial charge in [0.05, 0.1) is 12.8 Å². The summed E-state index contributed by atoms with van der Waals surface area (Å²) in [5.41, 5.74) is 3.67. The van der Waals surface area contributed by atoms with Gasteiger partial charge in [-0.3, -0.25) is 4.90 Å². The summed E-state index contributed by atoms with van der Waals surface area (Å²) in [5.74, 6) is 2.13. The van der Waals surface area contributed by atoms with Crippen molar-refractivity contribution in [1.29, 1.82) is 0 Å². The third kappa shape index (κ3) is 6.34. The van der Waals surface area contributed by atoms with Crippen LogP contribution in [0.5, 0.6) is 11.6 Å². The maximum atomic E-state index is 14.6. The van der Waals surface area contributed by atoms with Gasteiger partial charge in [-0.05, 0) is 74.3 Å². The number of nitrogens with one attached hydrogen (secondary N) is 1. The van der Waals surface area contributed by atoms with Crippen LogP contribution in [0.2, 0.25) is 0 Å². The van der Waals surface area contributed by atoms with Crippen LogP contribution in [0.15, 0.2) is 55.4 Å². The van der Waals surface area contributed by atoms with E-state index in [0.717, 1.165) is 75.2 Å². The Kier molecular flexibility index (Phi) is 8.54. The first-order valence-corrected chi connectivity index (χ1v) is 17.5. The molecule has 260 valence electrons. The lowest BCUT2D eigenvalue weighted by molar-refractivity contribution is -0.0656. The van der Waals surface area contributed by atoms with E-state index in [1.165, 1.54) is 25.6 Å². The number of pyridine rings is 1. The van der Waals surface area contributed by atoms with Crippen molar-refractivity contribution in [2.75, 3.05) is 43.5 Å². The molecule has 8 rings (SSSR count). The van der Waals surface area contributed by atoms with E-state index in [-0.39, 0.29) is 11.2 Å². The largest absolute Gasteiger partial charge is 0.464 e. The molecule has 0 unspecified atom stereocenters. The van der Waals surface area contributed by atoms with Gasteiger partial charge in [0.2, 0.25) is 0 Å². The lowest BCUT2D eigenvalue weighted by atomic mass is 9.68. The summed E-state index contributed by atoms with van der Waals surface area (Å²) in [5, 5.41) is 12.0. The first-order chi connectivity index (χ1) is 24.3. The summed E-state index contributed by atoms with van der Waals surface area (Å²) in [6.45, 7) is 8.46. The number of rotatable bonds is 11. The first-order valence-electron chi connectivity index (χ1n) is 17.5. The van der Waals surface area contributed by atoms with Crippen LogP contribution in [-0.4, -0.2) is 86.4 Å². The molecule has 4 aliphatic rings. The highest BCUT2D eigenvalue weighted by molar-refractivity contribution is 5.88. The molecule has 13 heteroatoms. The number of aromatic nitrogens is 6. The third-order valence-electron chi connectivity index (χ3n) is 10.8. The molecule has 0 radical (unpaired) electrons. The molecule has 2 saturated carbocycles. The van der Waals surface area contributed by atoms with Gasteiger partial charge in [0.15, 0.2) is 5.82 Å². The molecule has 2 aliphatic carbocycles. The number of likely N-dealkylation sites (tertiary alicyclic amines) is 1. The second-order valence-corrected chi connectivity index (χ2v) is 14.7. The summed E-state index contributed by atoms with van der Waals surface area (Å²) >= 11 is 0. The molecule has 0 bridgehead atoms. The Morgan fingerprint density at radius 1 is 1.04 bits per heavy atom. The average molecular weight is 680 g/mol. The van der Waals surface area contributed by atoms with Crippen LogP contribution in [0, 0.1) is 23.1 Å². The van der Waals surface area contributed by atoms with Gasteiger partial charge in [0, 0.05) is 78.8 Å². The van der Waals surface area contributed by atoms with Gasteiger partial charge in [0.1, 0.15) is 29.9 Å². The van der Waals surface area contributed by atoms with E-state index >= 15 is 0 Å². The first kappa shape index (κ1) is 32.4. The summed E-state index contributed by atoms with van der Waals surface area (Å²) < 4.78 is 25.8. The standard InChI is InChI=1S/C37H42FN9O3/c1-22(2)33(24-12-27(13-24)44-26-8-10-40-30(15-26)36(48)49-3)47-18-37(19-47)9-11-46(17-37)34-35(45-43-21-42-34)50-31-7-6-25(38)14-28(31)29-16-39-20-41-32(29)23-4-5-23/h6-8,10,14-16,20-24,27,33H,4-5,9,11-13,17-19H2,1-3H3,(H,40,44)/t24?,27?,33-/m1/s1. The molecule has 3 aromatic heterocycles. The molecule has 2 aliphatic heterocycles. The fourth-order valence-electron chi connectivity index (χ4n) is 8.37. The minimum atomic E-state index is -0.431. The minimum Gasteiger partial charge on any atom is -0.464 e. The lowest BCUT2D eigenvalue weighted by Crippen LogP contribution is -2.65. The van der Waals surface area contributed by atoms with Gasteiger partial charge in [-0.25, -0.2) is 29.1 Å². The highest BCUT2D eigenvalue weighted by Gasteiger charge is 2.53. The van der Waals surface area contributed by atoms with Gasteiger partial charge in [-0.2, -0.15) is 0 Å². The summed E-state index contributed by atoms with van der Waals surface area (Å²) in [6, 6.07) is 9.03. The van der Waals surface area contributed by atoms with E-state index in [4.69, 9.17) is 9.47 Å². The van der Waals surface area contributed by atoms with Gasteiger partial charge < -0.3 is 19.7 Å². The number of hydrogen-bond acceptors (Lipinski definition) is 12. The zero-order valence-corrected chi connectivity index (χ0v) is 28.6. The number of hydrogen-bond donors (Lipinski definition) is 1. The van der Waals surface area contributed by atoms with Crippen molar-refractivity contribution in [1.82, 2.24) is 35.0 Å². The zero-order chi connectivity index (χ0) is 34.4. The quantitative estimate of drug-likeness (QED) is 0.194. The van der Waals surface area contributed by atoms with Crippen molar-refractivity contribution in [3.63, 3.8) is 0 Å². The van der Waals surface area contributed by atoms with Crippen LogP contribution in [0.25, 0.3) is 11.1 Å². The van der Waals surface area contributed by atoms with E-state index in [0.29, 0.717) is 58.5 Å². The van der Waals surface area contributed by atoms with Crippen molar-refractivity contribution in [3.05, 3.63) is 72.6 Å². The third-order valence-corrected chi connectivity index (χ3v) is 10.8. The van der Waals surface area contributed by atoms with Crippen LogP contribution in [0.3, 0.4) is 0 Å². The van der Waals surface area contributed by atoms with Crippen LogP contribution >= 0.6 is 0 Å². The zero-order valence-electron chi connectivity index (χ0n) is 28.6. The Hall–Kier alpha value is -4.78. The molecule has 0 amide bonds. The molecule has 5 heterocycles. The summed E-state index contributed by atoms with van der Waals surface area (Å²) in [7, 11) is 1.37. The van der Waals surface area contributed by atoms with Gasteiger partial charge in [0.25, 0.3) is 5.88 Å². The number of methoxy groups -OCH3 is 1. The van der Waals surface area contributed by atoms with Gasteiger partial charge in [-0.15, -0.1) is 10.2 Å². The maximum Gasteiger partial charge on any atom is 0.356 e. The van der Waals surface area contributed by atoms with Crippen LogP contribution in [0.1, 0.15) is 68.1 Å². The van der Waals surface area contributed by atoms with E-state index in [1.54, 1.807) is 30.9 Å². The number of benzene rings is 1. The number of esters is 1. The Bertz CT molecular complexity index is 1880. The predicted molar refractivity (Wildman–Crippen MR) is 184 cm³/mol. The number of ether oxygens (including phenoxy) is 2. The van der Waals surface area contributed by atoms with Gasteiger partial charge >= 0.3 is 5.97 Å². The Morgan fingerprint density at radius 2 is 1.88 bits per heavy atom. The van der Waals surface area contributed by atoms with Gasteiger partial charge in [-0.1, -0.05) is 13.8 Å². The van der Waals surface area contributed by atoms with Crippen LogP contribution < -0.4 is 15.0 Å². The van der Waals surface area contributed by atoms with Crippen molar-refractivity contribution >= 4 is 17.5 Å². The van der Waals surface area contributed by atoms with E-state index < -0.39 is 5.97 Å². The average Bonchev–Trinajstić information content (AvgIpc) is 3.85. The SMILES string of the molecule is COC(=O)c1cc(NC2CC([C@@H](C(C)C)N3CC4(CCN(c5ncnnc5Oc5ccc(F)cc5-c5cncnc5C5CC5)C4)C3)C2)ccn1. The Morgan fingerprint density at radius 3 is 2.66 bits per heavy atom. The highest BCUT2D eigenvalue weighted by atomic mass is 19.1. The van der Waals surface area contributed by atoms with Crippen LogP contribution in [-0.2, 0) is 4.74 Å². The molecule has 1 N–H and O–H groups in total. The Balaban J connectivity index is 0.919. The molecule has 1 spiro atoms. The molecule has 2 saturated heterocycles. The fraction of sp³-hybridized carbons (Fsp3) is 0.486. The topological polar surface area (TPSA) is 131 Å². The number of carbonyl (C=O) groups is 1. The van der Waals surface area contributed by atoms with E-state index in [1.807, 2.05) is 6.07 Å². The Labute approximate surface area is 290 Å². The molecule has 12 nitrogen and oxygen atoms in total. The van der Waals surface area contributed by atoms with E-state index in [9.17, 15) is 9.18 Å². The molecule has 4 aromatic rings. The number of nitrogens with zero attached hydrogens (tertiary/aromatic N) is 8. The second-order valence-electron chi connectivity index (χ2n) is 14.7. The molecule has 1 aromatic carbocycles. The maximum absolute atomic E-state index is 14.6.